The summed E-state index contributed by atoms with van der Waals surface area (Å²) in [7, 11) is 4.69. The van der Waals surface area contributed by atoms with E-state index < -0.39 is 58.8 Å². The summed E-state index contributed by atoms with van der Waals surface area (Å²) in [6.07, 6.45) is 27.3. The van der Waals surface area contributed by atoms with E-state index in [1.54, 1.807) is 108 Å². The van der Waals surface area contributed by atoms with Gasteiger partial charge in [-0.05, 0) is 302 Å². The van der Waals surface area contributed by atoms with Gasteiger partial charge in [-0.25, -0.2) is 53.6 Å². The molecule has 7 fully saturated rings. The van der Waals surface area contributed by atoms with Crippen LogP contribution in [0.4, 0.5) is 44.5 Å². The standard InChI is InChI=1S/C20H27FN4O2.C20H26N4O2.C19H26N4O2.C17H23FN4O3.2C16H22N4O3/c1-3-20(27,11-21)10-17(26)24-19-23-16-9-15(13-7-8-13)12(2)22-18(16)25(19)14-5-4-6-14;1-13-10-11-15-17(21-13)24(19(2,3)4)18(22-15)23-16(25)12-20(5,26)14-8-6-7-9-14;1-11-14(12-7-8-12)9-15-17(20-11)23(13-5-4-6-13)18(21-15)22-16(24)10-19(2,3)25;1-3-17(24,10-18)9-13(23)20-16-19-12-7-8-14(25-2)21-15(12)22(16)11-5-4-6-11;2*1-16(2,22)9-12(21)18-15-17-11-7-8-13(23-3)19-14(11)20(15)10-5-4-6-10/h9,13-14,27H,3-8,10-11H2,1-2H3,(H,23,24,26);6,8-11,26H,7,12H2,1-5H3,(H,22,23,25);9,12-13,25H,4-8,10H2,1-3H3,(H,21,22,24);7-8,11,24H,3-6,9-10H2,1-2H3,(H,19,20,23);2*7-8,10,22H,4-6,9H2,1-3H3,(H,17,18,21)/t;20-;;;;/m.0..../s1. The van der Waals surface area contributed by atoms with Crippen molar-refractivity contribution < 1.29 is 82.4 Å². The van der Waals surface area contributed by atoms with Crippen LogP contribution in [0.5, 0.6) is 17.6 Å². The lowest BCUT2D eigenvalue weighted by molar-refractivity contribution is -0.123. The van der Waals surface area contributed by atoms with Crippen LogP contribution in [-0.2, 0) is 34.3 Å². The number of methoxy groups -OCH3 is 3. The van der Waals surface area contributed by atoms with Gasteiger partial charge in [-0.3, -0.25) is 88.1 Å². The summed E-state index contributed by atoms with van der Waals surface area (Å²) in [5, 5.41) is 77.2. The van der Waals surface area contributed by atoms with Gasteiger partial charge in [0, 0.05) is 71.0 Å². The molecule has 41 heteroatoms. The number of aromatic nitrogens is 18. The molecule has 802 valence electrons. The first-order chi connectivity index (χ1) is 70.6. The first kappa shape index (κ1) is 110. The van der Waals surface area contributed by atoms with E-state index in [-0.39, 0.29) is 105 Å². The molecule has 149 heavy (non-hydrogen) atoms. The number of carbonyl (C=O) groups excluding carboxylic acids is 6. The number of nitrogens with zero attached hydrogens (tertiary/aromatic N) is 18. The van der Waals surface area contributed by atoms with Crippen LogP contribution in [0.3, 0.4) is 0 Å². The van der Waals surface area contributed by atoms with Gasteiger partial charge in [0.05, 0.1) is 82.3 Å². The van der Waals surface area contributed by atoms with E-state index in [4.69, 9.17) is 24.2 Å². The molecule has 6 amide bonds. The summed E-state index contributed by atoms with van der Waals surface area (Å²) in [4.78, 5) is 129. The van der Waals surface area contributed by atoms with E-state index in [1.165, 1.54) is 43.2 Å². The van der Waals surface area contributed by atoms with Crippen LogP contribution >= 0.6 is 0 Å². The lowest BCUT2D eigenvalue weighted by atomic mass is 9.92. The van der Waals surface area contributed by atoms with Crippen molar-refractivity contribution >= 4 is 138 Å². The van der Waals surface area contributed by atoms with Crippen LogP contribution in [0.25, 0.3) is 67.0 Å². The van der Waals surface area contributed by atoms with E-state index in [0.717, 1.165) is 163 Å². The van der Waals surface area contributed by atoms with Crippen LogP contribution in [0.1, 0.15) is 333 Å². The SMILES string of the molecule is CCC(O)(CF)CC(=O)Nc1nc2cc(C3CC3)c(C)nc2n1C1CCC1.CCC(O)(CF)CC(=O)Nc1nc2ccc(OC)nc2n1C1CCC1.COc1ccc2nc(NC(=O)CC(C)(C)O)n(C3CCC3)c2n1.COc1ccc2nc(NC(=O)CC(C)(C)O)n(C3CCC3)c2n1.Cc1ccc2nc(NC(=O)C[C@](C)(O)C3=CCC=C3)n(C(C)(C)C)c2n1.Cc1nc2c(cc1C1CC1)nc(NC(=O)CC(C)(C)O)n2C1CCC1. The second-order valence-electron chi connectivity index (χ2n) is 44.1. The quantitative estimate of drug-likeness (QED) is 0.0182. The molecule has 12 heterocycles. The Bertz CT molecular complexity index is 6820. The molecular formula is C108H146F2N24O15. The maximum atomic E-state index is 13.1. The van der Waals surface area contributed by atoms with Gasteiger partial charge in [0.15, 0.2) is 33.9 Å². The number of hydrogen-bond donors (Lipinski definition) is 12. The molecule has 8 aliphatic carbocycles. The predicted molar refractivity (Wildman–Crippen MR) is 566 cm³/mol. The van der Waals surface area contributed by atoms with E-state index in [9.17, 15) is 68.2 Å². The zero-order valence-corrected chi connectivity index (χ0v) is 88.9. The number of carbonyl (C=O) groups is 6. The van der Waals surface area contributed by atoms with E-state index in [2.05, 4.69) is 105 Å². The molecule has 0 radical (unpaired) electrons. The van der Waals surface area contributed by atoms with Crippen molar-refractivity contribution in [1.82, 2.24) is 87.2 Å². The molecular weight excluding hydrogens is 1910 g/mol. The Morgan fingerprint density at radius 3 is 0.906 bits per heavy atom. The number of anilines is 6. The van der Waals surface area contributed by atoms with Crippen molar-refractivity contribution in [2.45, 2.75) is 365 Å². The Kier molecular flexibility index (Phi) is 33.6. The molecule has 0 saturated heterocycles. The zero-order chi connectivity index (χ0) is 107. The fourth-order valence-corrected chi connectivity index (χ4v) is 18.8. The molecule has 12 aromatic heterocycles. The topological polar surface area (TPSA) is 508 Å². The van der Waals surface area contributed by atoms with Crippen LogP contribution in [-0.4, -0.2) is 222 Å². The number of nitrogens with one attached hydrogen (secondary N) is 6. The van der Waals surface area contributed by atoms with Crippen molar-refractivity contribution in [3.63, 3.8) is 0 Å². The highest BCUT2D eigenvalue weighted by Crippen LogP contribution is 2.48. The van der Waals surface area contributed by atoms with Crippen molar-refractivity contribution in [1.29, 1.82) is 0 Å². The number of imidazole rings is 6. The van der Waals surface area contributed by atoms with Crippen LogP contribution < -0.4 is 46.1 Å². The number of aryl methyl sites for hydroxylation is 3. The van der Waals surface area contributed by atoms with Gasteiger partial charge in [-0.1, -0.05) is 32.1 Å². The minimum atomic E-state index is -1.64. The highest BCUT2D eigenvalue weighted by molar-refractivity contribution is 5.96. The smallest absolute Gasteiger partial charge is 0.229 e. The van der Waals surface area contributed by atoms with Gasteiger partial charge in [-0.2, -0.15) is 15.0 Å². The summed E-state index contributed by atoms with van der Waals surface area (Å²) >= 11 is 0. The minimum Gasteiger partial charge on any atom is -0.481 e. The highest BCUT2D eigenvalue weighted by atomic mass is 19.1. The van der Waals surface area contributed by atoms with Crippen molar-refractivity contribution in [3.8, 4) is 17.6 Å². The molecule has 0 bridgehead atoms. The maximum absolute atomic E-state index is 13.1. The number of hydrogen-bond acceptors (Lipinski definition) is 27. The van der Waals surface area contributed by atoms with E-state index in [0.29, 0.717) is 93.7 Å². The van der Waals surface area contributed by atoms with Crippen molar-refractivity contribution in [2.24, 2.45) is 0 Å². The normalized spacial score (nSPS) is 17.2. The summed E-state index contributed by atoms with van der Waals surface area (Å²) < 4.78 is 53.5. The third-order valence-corrected chi connectivity index (χ3v) is 28.5. The van der Waals surface area contributed by atoms with Gasteiger partial charge in [0.25, 0.3) is 0 Å². The van der Waals surface area contributed by atoms with Crippen molar-refractivity contribution in [3.05, 3.63) is 113 Å². The number of amides is 6. The second kappa shape index (κ2) is 45.5. The molecule has 0 aromatic carbocycles. The number of pyridine rings is 6. The summed E-state index contributed by atoms with van der Waals surface area (Å²) in [5.74, 6) is 3.61. The van der Waals surface area contributed by atoms with Gasteiger partial charge in [0.1, 0.15) is 57.7 Å². The fraction of sp³-hybridized carbons (Fsp3) is 0.574. The Morgan fingerprint density at radius 1 is 0.356 bits per heavy atom. The summed E-state index contributed by atoms with van der Waals surface area (Å²) in [5.41, 5.74) is 7.34. The maximum Gasteiger partial charge on any atom is 0.229 e. The van der Waals surface area contributed by atoms with Gasteiger partial charge in [0.2, 0.25) is 88.8 Å². The van der Waals surface area contributed by atoms with Gasteiger partial charge in [-0.15, -0.1) is 0 Å². The number of alkyl halides is 2. The largest absolute Gasteiger partial charge is 0.481 e. The van der Waals surface area contributed by atoms with Crippen LogP contribution in [0, 0.1) is 20.8 Å². The minimum absolute atomic E-state index is 0.0115. The van der Waals surface area contributed by atoms with Gasteiger partial charge < -0.3 is 44.8 Å². The van der Waals surface area contributed by atoms with Crippen LogP contribution in [0.2, 0.25) is 0 Å². The lowest BCUT2D eigenvalue weighted by Gasteiger charge is -2.29. The third-order valence-electron chi connectivity index (χ3n) is 28.5. The number of allylic oxidation sites excluding steroid dienone is 2. The number of aliphatic hydroxyl groups is 6. The molecule has 2 unspecified atom stereocenters. The number of ether oxygens (including phenoxy) is 3. The van der Waals surface area contributed by atoms with Crippen LogP contribution in [0.15, 0.2) is 84.5 Å². The van der Waals surface area contributed by atoms with E-state index >= 15 is 0 Å². The Hall–Kier alpha value is -13.0. The Morgan fingerprint density at radius 2 is 0.638 bits per heavy atom. The number of halogens is 2. The predicted octanol–water partition coefficient (Wildman–Crippen LogP) is 17.8. The molecule has 39 nitrogen and oxygen atoms in total. The molecule has 12 N–H and O–H groups in total. The third kappa shape index (κ3) is 26.9. The molecule has 8 aliphatic rings. The van der Waals surface area contributed by atoms with E-state index in [1.807, 2.05) is 99.9 Å². The average Bonchev–Trinajstić information content (AvgIpc) is 1.61. The summed E-state index contributed by atoms with van der Waals surface area (Å²) in [6, 6.07) is 20.1. The van der Waals surface area contributed by atoms with Gasteiger partial charge >= 0.3 is 0 Å². The summed E-state index contributed by atoms with van der Waals surface area (Å²) in [6.45, 7) is 24.9. The first-order valence-electron chi connectivity index (χ1n) is 52.1. The molecule has 0 aliphatic heterocycles. The molecule has 3 atom stereocenters. The molecule has 12 aromatic rings. The van der Waals surface area contributed by atoms with Crippen molar-refractivity contribution in [2.75, 3.05) is 66.6 Å². The second-order valence-corrected chi connectivity index (χ2v) is 44.1. The molecule has 20 rings (SSSR count). The molecule has 7 saturated carbocycles. The zero-order valence-electron chi connectivity index (χ0n) is 88.9. The monoisotopic (exact) mass is 2060 g/mol. The Balaban J connectivity index is 0.000000134. The first-order valence-corrected chi connectivity index (χ1v) is 52.1. The molecule has 0 spiro atoms. The number of fused-ring (bicyclic) bond motifs is 6. The Labute approximate surface area is 865 Å². The highest BCUT2D eigenvalue weighted by Gasteiger charge is 2.40. The average molecular weight is 2060 g/mol. The fourth-order valence-electron chi connectivity index (χ4n) is 18.8. The lowest BCUT2D eigenvalue weighted by Crippen LogP contribution is -2.36. The number of rotatable bonds is 33.